The molecule has 0 radical (unpaired) electrons. The first-order valence-corrected chi connectivity index (χ1v) is 12.0. The van der Waals surface area contributed by atoms with Gasteiger partial charge < -0.3 is 19.4 Å². The minimum Gasteiger partial charge on any atom is -0.372 e. The van der Waals surface area contributed by atoms with Crippen LogP contribution >= 0.6 is 0 Å². The van der Waals surface area contributed by atoms with Crippen molar-refractivity contribution in [2.75, 3.05) is 52.9 Å². The highest BCUT2D eigenvalue weighted by atomic mass is 32.2. The number of rotatable bonds is 4. The first-order valence-electron chi connectivity index (χ1n) is 10.6. The number of urea groups is 1. The molecule has 0 bridgehead atoms. The van der Waals surface area contributed by atoms with Crippen molar-refractivity contribution in [1.29, 1.82) is 0 Å². The SMILES string of the molecule is Cc1ccc(S(=O)(=O)N(CC(=O)N2C[C@@H](C)O[C@@H](C)C2)C(=O)N2CCN(C)CC2)cc1. The van der Waals surface area contributed by atoms with E-state index >= 15 is 0 Å². The summed E-state index contributed by atoms with van der Waals surface area (Å²) in [5, 5.41) is 0. The van der Waals surface area contributed by atoms with Gasteiger partial charge in [0.25, 0.3) is 10.0 Å². The molecule has 0 saturated carbocycles. The maximum Gasteiger partial charge on any atom is 0.334 e. The standard InChI is InChI=1S/C21H32N4O5S/c1-16-5-7-19(8-6-16)31(28,29)25(21(27)23-11-9-22(4)10-12-23)15-20(26)24-13-17(2)30-18(3)14-24/h5-8,17-18H,9-15H2,1-4H3/t17-,18+. The fourth-order valence-electron chi connectivity index (χ4n) is 3.85. The second kappa shape index (κ2) is 9.54. The summed E-state index contributed by atoms with van der Waals surface area (Å²) in [5.74, 6) is -0.403. The van der Waals surface area contributed by atoms with Gasteiger partial charge in [-0.05, 0) is 40.0 Å². The van der Waals surface area contributed by atoms with E-state index in [-0.39, 0.29) is 17.1 Å². The van der Waals surface area contributed by atoms with Crippen molar-refractivity contribution in [2.24, 2.45) is 0 Å². The number of benzene rings is 1. The molecule has 2 atom stereocenters. The minimum atomic E-state index is -4.19. The Morgan fingerprint density at radius 1 is 1.00 bits per heavy atom. The summed E-state index contributed by atoms with van der Waals surface area (Å²) >= 11 is 0. The molecule has 0 spiro atoms. The predicted molar refractivity (Wildman–Crippen MR) is 116 cm³/mol. The molecule has 2 saturated heterocycles. The van der Waals surface area contributed by atoms with Crippen LogP contribution in [-0.4, -0.2) is 104 Å². The van der Waals surface area contributed by atoms with Gasteiger partial charge in [-0.2, -0.15) is 0 Å². The van der Waals surface area contributed by atoms with Crippen LogP contribution < -0.4 is 0 Å². The number of hydrogen-bond acceptors (Lipinski definition) is 6. The molecule has 9 nitrogen and oxygen atoms in total. The van der Waals surface area contributed by atoms with Gasteiger partial charge in [0.05, 0.1) is 17.1 Å². The number of sulfonamides is 1. The Morgan fingerprint density at radius 2 is 1.55 bits per heavy atom. The summed E-state index contributed by atoms with van der Waals surface area (Å²) in [4.78, 5) is 31.5. The lowest BCUT2D eigenvalue weighted by molar-refractivity contribution is -0.143. The number of carbonyl (C=O) groups is 2. The van der Waals surface area contributed by atoms with Crippen LogP contribution in [0.25, 0.3) is 0 Å². The summed E-state index contributed by atoms with van der Waals surface area (Å²) < 4.78 is 33.2. The molecule has 2 aliphatic rings. The molecular weight excluding hydrogens is 420 g/mol. The Balaban J connectivity index is 1.87. The monoisotopic (exact) mass is 452 g/mol. The second-order valence-electron chi connectivity index (χ2n) is 8.45. The Hall–Kier alpha value is -2.17. The maximum absolute atomic E-state index is 13.4. The molecular formula is C21H32N4O5S. The van der Waals surface area contributed by atoms with Gasteiger partial charge in [-0.15, -0.1) is 0 Å². The number of aryl methyl sites for hydroxylation is 1. The zero-order valence-electron chi connectivity index (χ0n) is 18.7. The number of hydrogen-bond donors (Lipinski definition) is 0. The van der Waals surface area contributed by atoms with E-state index in [1.54, 1.807) is 17.0 Å². The molecule has 0 unspecified atom stereocenters. The lowest BCUT2D eigenvalue weighted by Gasteiger charge is -2.38. The third-order valence-electron chi connectivity index (χ3n) is 5.65. The smallest absolute Gasteiger partial charge is 0.334 e. The zero-order chi connectivity index (χ0) is 22.8. The van der Waals surface area contributed by atoms with E-state index in [4.69, 9.17) is 4.74 Å². The molecule has 3 amide bonds. The van der Waals surface area contributed by atoms with Crippen LogP contribution in [-0.2, 0) is 19.6 Å². The van der Waals surface area contributed by atoms with E-state index in [1.165, 1.54) is 17.0 Å². The molecule has 0 aromatic heterocycles. The highest BCUT2D eigenvalue weighted by Gasteiger charge is 2.37. The fraction of sp³-hybridized carbons (Fsp3) is 0.619. The molecule has 3 rings (SSSR count). The summed E-state index contributed by atoms with van der Waals surface area (Å²) in [7, 11) is -2.24. The number of piperazine rings is 1. The quantitative estimate of drug-likeness (QED) is 0.677. The number of nitrogens with zero attached hydrogens (tertiary/aromatic N) is 4. The van der Waals surface area contributed by atoms with E-state index in [9.17, 15) is 18.0 Å². The van der Waals surface area contributed by atoms with Crippen molar-refractivity contribution < 1.29 is 22.7 Å². The number of carbonyl (C=O) groups excluding carboxylic acids is 2. The van der Waals surface area contributed by atoms with Crippen LogP contribution in [0.4, 0.5) is 4.79 Å². The van der Waals surface area contributed by atoms with Gasteiger partial charge >= 0.3 is 6.03 Å². The molecule has 31 heavy (non-hydrogen) atoms. The van der Waals surface area contributed by atoms with Crippen molar-refractivity contribution in [3.8, 4) is 0 Å². The maximum atomic E-state index is 13.4. The van der Waals surface area contributed by atoms with Crippen LogP contribution in [0.3, 0.4) is 0 Å². The van der Waals surface area contributed by atoms with Crippen LogP contribution in [0.5, 0.6) is 0 Å². The van der Waals surface area contributed by atoms with Gasteiger partial charge in [0.15, 0.2) is 0 Å². The predicted octanol–water partition coefficient (Wildman–Crippen LogP) is 0.989. The largest absolute Gasteiger partial charge is 0.372 e. The number of amides is 3. The van der Waals surface area contributed by atoms with Crippen LogP contribution in [0, 0.1) is 6.92 Å². The molecule has 2 aliphatic heterocycles. The van der Waals surface area contributed by atoms with Crippen molar-refractivity contribution in [3.63, 3.8) is 0 Å². The van der Waals surface area contributed by atoms with Gasteiger partial charge in [0.2, 0.25) is 5.91 Å². The molecule has 1 aromatic carbocycles. The topological polar surface area (TPSA) is 90.5 Å². The highest BCUT2D eigenvalue weighted by Crippen LogP contribution is 2.20. The van der Waals surface area contributed by atoms with Crippen molar-refractivity contribution in [2.45, 2.75) is 37.9 Å². The Bertz CT molecular complexity index is 887. The number of likely N-dealkylation sites (N-methyl/N-ethyl adjacent to an activating group) is 1. The summed E-state index contributed by atoms with van der Waals surface area (Å²) in [6, 6.07) is 5.64. The average molecular weight is 453 g/mol. The van der Waals surface area contributed by atoms with Crippen molar-refractivity contribution in [1.82, 2.24) is 19.0 Å². The van der Waals surface area contributed by atoms with Gasteiger partial charge in [0.1, 0.15) is 6.54 Å². The van der Waals surface area contributed by atoms with Crippen LogP contribution in [0.2, 0.25) is 0 Å². The molecule has 2 heterocycles. The summed E-state index contributed by atoms with van der Waals surface area (Å²) in [6.45, 7) is 7.92. The molecule has 10 heteroatoms. The lowest BCUT2D eigenvalue weighted by atomic mass is 10.2. The first kappa shape index (κ1) is 23.5. The van der Waals surface area contributed by atoms with E-state index in [1.807, 2.05) is 27.8 Å². The van der Waals surface area contributed by atoms with Gasteiger partial charge in [-0.25, -0.2) is 17.5 Å². The summed E-state index contributed by atoms with van der Waals surface area (Å²) in [5.41, 5.74) is 0.906. The molecule has 172 valence electrons. The van der Waals surface area contributed by atoms with E-state index in [2.05, 4.69) is 4.90 Å². The molecule has 0 aliphatic carbocycles. The van der Waals surface area contributed by atoms with Gasteiger partial charge in [-0.1, -0.05) is 17.7 Å². The third-order valence-corrected chi connectivity index (χ3v) is 7.38. The fourth-order valence-corrected chi connectivity index (χ4v) is 5.19. The molecule has 2 fully saturated rings. The van der Waals surface area contributed by atoms with E-state index in [0.29, 0.717) is 39.3 Å². The Labute approximate surface area is 184 Å². The van der Waals surface area contributed by atoms with Crippen LogP contribution in [0.15, 0.2) is 29.2 Å². The lowest BCUT2D eigenvalue weighted by Crippen LogP contribution is -2.56. The molecule has 0 N–H and O–H groups in total. The average Bonchev–Trinajstić information content (AvgIpc) is 2.71. The third kappa shape index (κ3) is 5.55. The van der Waals surface area contributed by atoms with Crippen molar-refractivity contribution >= 4 is 22.0 Å². The zero-order valence-corrected chi connectivity index (χ0v) is 19.5. The van der Waals surface area contributed by atoms with Crippen LogP contribution in [0.1, 0.15) is 19.4 Å². The highest BCUT2D eigenvalue weighted by molar-refractivity contribution is 7.89. The summed E-state index contributed by atoms with van der Waals surface area (Å²) in [6.07, 6.45) is -0.300. The Morgan fingerprint density at radius 3 is 2.10 bits per heavy atom. The normalized spacial score (nSPS) is 23.0. The number of morpholine rings is 1. The van der Waals surface area contributed by atoms with E-state index < -0.39 is 28.5 Å². The number of ether oxygens (including phenoxy) is 1. The van der Waals surface area contributed by atoms with Crippen molar-refractivity contribution in [3.05, 3.63) is 29.8 Å². The Kier molecular flexibility index (Phi) is 7.23. The van der Waals surface area contributed by atoms with Gasteiger partial charge in [0, 0.05) is 39.3 Å². The van der Waals surface area contributed by atoms with Gasteiger partial charge in [-0.3, -0.25) is 4.79 Å². The first-order chi connectivity index (χ1) is 14.6. The minimum absolute atomic E-state index is 0.00269. The van der Waals surface area contributed by atoms with E-state index in [0.717, 1.165) is 9.87 Å². The molecule has 1 aromatic rings. The second-order valence-corrected chi connectivity index (χ2v) is 10.3.